The summed E-state index contributed by atoms with van der Waals surface area (Å²) in [6.45, 7) is 1.65. The molecule has 3 aromatic rings. The van der Waals surface area contributed by atoms with Crippen molar-refractivity contribution in [3.05, 3.63) is 82.2 Å². The molecule has 0 unspecified atom stereocenters. The van der Waals surface area contributed by atoms with Gasteiger partial charge in [0, 0.05) is 23.4 Å². The van der Waals surface area contributed by atoms with Crippen molar-refractivity contribution in [3.63, 3.8) is 0 Å². The quantitative estimate of drug-likeness (QED) is 0.497. The summed E-state index contributed by atoms with van der Waals surface area (Å²) < 4.78 is 19.1. The van der Waals surface area contributed by atoms with Gasteiger partial charge in [-0.2, -0.15) is 0 Å². The van der Waals surface area contributed by atoms with Crippen LogP contribution in [0.5, 0.6) is 0 Å². The summed E-state index contributed by atoms with van der Waals surface area (Å²) in [5.74, 6) is 1.34. The molecule has 0 aliphatic carbocycles. The summed E-state index contributed by atoms with van der Waals surface area (Å²) in [5.41, 5.74) is 0.575. The van der Waals surface area contributed by atoms with Gasteiger partial charge in [0.05, 0.1) is 19.4 Å². The number of furan rings is 1. The fraction of sp³-hybridized carbons (Fsp3) is 0.211. The number of hydrogen-bond acceptors (Lipinski definition) is 3. The van der Waals surface area contributed by atoms with Gasteiger partial charge in [0.2, 0.25) is 0 Å². The van der Waals surface area contributed by atoms with Crippen molar-refractivity contribution < 1.29 is 8.81 Å². The lowest BCUT2D eigenvalue weighted by Gasteiger charge is -2.12. The molecule has 130 valence electrons. The van der Waals surface area contributed by atoms with E-state index < -0.39 is 0 Å². The lowest BCUT2D eigenvalue weighted by Crippen LogP contribution is -2.38. The fourth-order valence-electron chi connectivity index (χ4n) is 2.31. The summed E-state index contributed by atoms with van der Waals surface area (Å²) in [6.07, 6.45) is 2.42. The molecule has 0 aliphatic heterocycles. The number of guanidine groups is 1. The van der Waals surface area contributed by atoms with Crippen molar-refractivity contribution in [2.24, 2.45) is 4.99 Å². The summed E-state index contributed by atoms with van der Waals surface area (Å²) in [7, 11) is 0. The Morgan fingerprint density at radius 3 is 2.76 bits per heavy atom. The predicted octanol–water partition coefficient (Wildman–Crippen LogP) is 3.96. The number of halogens is 1. The van der Waals surface area contributed by atoms with Gasteiger partial charge >= 0.3 is 0 Å². The topological polar surface area (TPSA) is 49.6 Å². The molecule has 0 amide bonds. The Morgan fingerprint density at radius 1 is 1.08 bits per heavy atom. The lowest BCUT2D eigenvalue weighted by atomic mass is 10.2. The van der Waals surface area contributed by atoms with Crippen LogP contribution in [0.3, 0.4) is 0 Å². The van der Waals surface area contributed by atoms with Crippen LogP contribution in [0.1, 0.15) is 16.2 Å². The van der Waals surface area contributed by atoms with E-state index in [4.69, 9.17) is 4.42 Å². The average Bonchev–Trinajstić information content (AvgIpc) is 3.32. The van der Waals surface area contributed by atoms with E-state index in [9.17, 15) is 4.39 Å². The number of benzene rings is 1. The number of hydrogen-bond donors (Lipinski definition) is 2. The Hall–Kier alpha value is -2.60. The normalized spacial score (nSPS) is 11.5. The van der Waals surface area contributed by atoms with E-state index in [1.54, 1.807) is 29.7 Å². The summed E-state index contributed by atoms with van der Waals surface area (Å²) in [5, 5.41) is 8.60. The average molecular weight is 357 g/mol. The Balaban J connectivity index is 1.60. The third kappa shape index (κ3) is 5.46. The van der Waals surface area contributed by atoms with Crippen LogP contribution >= 0.6 is 11.3 Å². The van der Waals surface area contributed by atoms with Gasteiger partial charge in [-0.05, 0) is 29.6 Å². The third-order valence-corrected chi connectivity index (χ3v) is 4.50. The summed E-state index contributed by atoms with van der Waals surface area (Å²) >= 11 is 1.68. The maximum atomic E-state index is 13.8. The molecule has 2 aromatic heterocycles. The van der Waals surface area contributed by atoms with Crippen LogP contribution in [0.15, 0.2) is 69.6 Å². The van der Waals surface area contributed by atoms with Gasteiger partial charge in [0.25, 0.3) is 0 Å². The standard InChI is InChI=1S/C19H20FN3OS/c20-18-8-2-1-5-15(18)13-22-19(23-14-17-7-4-12-25-17)21-10-9-16-6-3-11-24-16/h1-8,11-12H,9-10,13-14H2,(H2,21,22,23). The molecule has 25 heavy (non-hydrogen) atoms. The first-order valence-corrected chi connectivity index (χ1v) is 8.99. The molecule has 4 nitrogen and oxygen atoms in total. The zero-order valence-electron chi connectivity index (χ0n) is 13.7. The molecule has 0 atom stereocenters. The van der Waals surface area contributed by atoms with Crippen LogP contribution in [0, 0.1) is 5.82 Å². The molecular weight excluding hydrogens is 337 g/mol. The molecule has 1 aromatic carbocycles. The van der Waals surface area contributed by atoms with Crippen molar-refractivity contribution >= 4 is 17.3 Å². The maximum Gasteiger partial charge on any atom is 0.191 e. The summed E-state index contributed by atoms with van der Waals surface area (Å²) in [6, 6.07) is 14.6. The Kier molecular flexibility index (Phi) is 6.23. The highest BCUT2D eigenvalue weighted by Crippen LogP contribution is 2.09. The molecule has 0 saturated carbocycles. The number of rotatable bonds is 7. The molecule has 2 N–H and O–H groups in total. The second kappa shape index (κ2) is 9.03. The van der Waals surface area contributed by atoms with Crippen molar-refractivity contribution in [3.8, 4) is 0 Å². The Bertz CT molecular complexity index is 785. The number of aliphatic imine (C=N–C) groups is 1. The first-order chi connectivity index (χ1) is 12.3. The van der Waals surface area contributed by atoms with Crippen LogP contribution in [0.25, 0.3) is 0 Å². The van der Waals surface area contributed by atoms with Gasteiger partial charge in [0.1, 0.15) is 11.6 Å². The molecule has 0 fully saturated rings. The predicted molar refractivity (Wildman–Crippen MR) is 99.1 cm³/mol. The molecule has 0 aliphatic rings. The first kappa shape index (κ1) is 17.2. The zero-order chi connectivity index (χ0) is 17.3. The Labute approximate surface area is 150 Å². The molecule has 6 heteroatoms. The monoisotopic (exact) mass is 357 g/mol. The highest BCUT2D eigenvalue weighted by atomic mass is 32.1. The van der Waals surface area contributed by atoms with Crippen molar-refractivity contribution in [2.45, 2.75) is 19.5 Å². The summed E-state index contributed by atoms with van der Waals surface area (Å²) in [4.78, 5) is 5.72. The van der Waals surface area contributed by atoms with E-state index in [2.05, 4.69) is 21.7 Å². The SMILES string of the molecule is Fc1ccccc1CN=C(NCCc1ccco1)NCc1cccs1. The van der Waals surface area contributed by atoms with Crippen LogP contribution in [0.2, 0.25) is 0 Å². The molecule has 2 heterocycles. The minimum atomic E-state index is -0.237. The largest absolute Gasteiger partial charge is 0.469 e. The zero-order valence-corrected chi connectivity index (χ0v) is 14.6. The van der Waals surface area contributed by atoms with Gasteiger partial charge in [-0.3, -0.25) is 0 Å². The van der Waals surface area contributed by atoms with Crippen molar-refractivity contribution in [1.82, 2.24) is 10.6 Å². The fourth-order valence-corrected chi connectivity index (χ4v) is 2.95. The van der Waals surface area contributed by atoms with Gasteiger partial charge in [-0.25, -0.2) is 9.38 Å². The van der Waals surface area contributed by atoms with Crippen LogP contribution in [-0.4, -0.2) is 12.5 Å². The Morgan fingerprint density at radius 2 is 2.00 bits per heavy atom. The minimum Gasteiger partial charge on any atom is -0.469 e. The second-order valence-electron chi connectivity index (χ2n) is 5.45. The second-order valence-corrected chi connectivity index (χ2v) is 6.48. The highest BCUT2D eigenvalue weighted by molar-refractivity contribution is 7.09. The molecule has 0 saturated heterocycles. The van der Waals surface area contributed by atoms with Gasteiger partial charge in [0.15, 0.2) is 5.96 Å². The van der Waals surface area contributed by atoms with Crippen LogP contribution in [-0.2, 0) is 19.5 Å². The first-order valence-electron chi connectivity index (χ1n) is 8.11. The van der Waals surface area contributed by atoms with Gasteiger partial charge in [-0.1, -0.05) is 24.3 Å². The molecule has 0 bridgehead atoms. The van der Waals surface area contributed by atoms with Gasteiger partial charge < -0.3 is 15.1 Å². The number of thiophene rings is 1. The highest BCUT2D eigenvalue weighted by Gasteiger charge is 2.04. The molecular formula is C19H20FN3OS. The van der Waals surface area contributed by atoms with Crippen molar-refractivity contribution in [1.29, 1.82) is 0 Å². The third-order valence-electron chi connectivity index (χ3n) is 3.62. The van der Waals surface area contributed by atoms with Crippen LogP contribution in [0.4, 0.5) is 4.39 Å². The molecule has 0 spiro atoms. The number of nitrogens with zero attached hydrogens (tertiary/aromatic N) is 1. The van der Waals surface area contributed by atoms with Gasteiger partial charge in [-0.15, -0.1) is 11.3 Å². The van der Waals surface area contributed by atoms with Crippen molar-refractivity contribution in [2.75, 3.05) is 6.54 Å². The van der Waals surface area contributed by atoms with E-state index in [-0.39, 0.29) is 12.4 Å². The minimum absolute atomic E-state index is 0.237. The van der Waals surface area contributed by atoms with E-state index in [0.717, 1.165) is 12.2 Å². The number of nitrogens with one attached hydrogen (secondary N) is 2. The van der Waals surface area contributed by atoms with E-state index in [1.807, 2.05) is 29.6 Å². The smallest absolute Gasteiger partial charge is 0.191 e. The van der Waals surface area contributed by atoms with E-state index in [0.29, 0.717) is 24.6 Å². The molecule has 3 rings (SSSR count). The molecule has 0 radical (unpaired) electrons. The lowest BCUT2D eigenvalue weighted by molar-refractivity contribution is 0.506. The maximum absolute atomic E-state index is 13.8. The van der Waals surface area contributed by atoms with E-state index >= 15 is 0 Å². The van der Waals surface area contributed by atoms with Crippen LogP contribution < -0.4 is 10.6 Å². The van der Waals surface area contributed by atoms with E-state index in [1.165, 1.54) is 10.9 Å².